The van der Waals surface area contributed by atoms with E-state index >= 15 is 0 Å². The van der Waals surface area contributed by atoms with Crippen LogP contribution in [-0.2, 0) is 18.4 Å². The van der Waals surface area contributed by atoms with Crippen LogP contribution in [0.15, 0.2) is 24.4 Å². The van der Waals surface area contributed by atoms with Crippen LogP contribution >= 0.6 is 0 Å². The molecule has 2 rings (SSSR count). The molecule has 0 aliphatic carbocycles. The lowest BCUT2D eigenvalue weighted by Crippen LogP contribution is -2.13. The quantitative estimate of drug-likeness (QED) is 0.888. The normalized spacial score (nSPS) is 10.3. The number of nitrogens with zero attached hydrogens (tertiary/aromatic N) is 3. The summed E-state index contributed by atoms with van der Waals surface area (Å²) in [6.07, 6.45) is 1.59. The number of rotatable bonds is 5. The number of hydrogen-bond donors (Lipinski definition) is 1. The summed E-state index contributed by atoms with van der Waals surface area (Å²) in [5, 5.41) is 6.74. The van der Waals surface area contributed by atoms with Crippen LogP contribution in [0.5, 0.6) is 5.88 Å². The second kappa shape index (κ2) is 6.16. The van der Waals surface area contributed by atoms with Gasteiger partial charge in [0, 0.05) is 20.4 Å². The number of methoxy groups -OCH3 is 2. The van der Waals surface area contributed by atoms with Gasteiger partial charge in [-0.2, -0.15) is 0 Å². The number of aromatic nitrogens is 3. The van der Waals surface area contributed by atoms with Gasteiger partial charge in [-0.1, -0.05) is 6.07 Å². The number of nitrogens with one attached hydrogen (secondary N) is 1. The Hall–Kier alpha value is -2.41. The van der Waals surface area contributed by atoms with Crippen LogP contribution in [-0.4, -0.2) is 34.9 Å². The molecule has 0 bridgehead atoms. The summed E-state index contributed by atoms with van der Waals surface area (Å²) in [5.41, 5.74) is 1.09. The number of aryl methyl sites for hydroxylation is 1. The molecule has 0 saturated heterocycles. The molecular formula is C13H16N4O3. The van der Waals surface area contributed by atoms with Crippen LogP contribution in [0.1, 0.15) is 16.1 Å². The minimum atomic E-state index is -0.322. The number of anilines is 1. The lowest BCUT2D eigenvalue weighted by Gasteiger charge is -2.05. The van der Waals surface area contributed by atoms with E-state index in [1.807, 2.05) is 6.07 Å². The van der Waals surface area contributed by atoms with Crippen molar-refractivity contribution in [1.82, 2.24) is 14.8 Å². The van der Waals surface area contributed by atoms with E-state index in [9.17, 15) is 4.79 Å². The summed E-state index contributed by atoms with van der Waals surface area (Å²) in [7, 11) is 4.78. The molecule has 0 aromatic carbocycles. The molecule has 7 nitrogen and oxygen atoms in total. The van der Waals surface area contributed by atoms with Crippen LogP contribution in [0, 0.1) is 0 Å². The summed E-state index contributed by atoms with van der Waals surface area (Å²) < 4.78 is 11.6. The van der Waals surface area contributed by atoms with Gasteiger partial charge in [0.05, 0.1) is 19.4 Å². The number of ether oxygens (including phenoxy) is 2. The van der Waals surface area contributed by atoms with Crippen LogP contribution in [0.25, 0.3) is 0 Å². The van der Waals surface area contributed by atoms with E-state index in [-0.39, 0.29) is 11.8 Å². The molecule has 0 fully saturated rings. The minimum absolute atomic E-state index is 0.276. The zero-order valence-corrected chi connectivity index (χ0v) is 11.6. The number of hydrogen-bond acceptors (Lipinski definition) is 5. The van der Waals surface area contributed by atoms with E-state index in [2.05, 4.69) is 15.4 Å². The maximum atomic E-state index is 12.2. The standard InChI is InChI=1S/C13H16N4O3/c1-17-7-10(13(16-17)20-3)12(18)15-11-6-4-5-9(14-11)8-19-2/h4-7H,8H2,1-3H3,(H,14,15,18). The van der Waals surface area contributed by atoms with Crippen molar-refractivity contribution in [1.29, 1.82) is 0 Å². The molecule has 106 valence electrons. The fourth-order valence-electron chi connectivity index (χ4n) is 1.74. The molecular weight excluding hydrogens is 260 g/mol. The fourth-order valence-corrected chi connectivity index (χ4v) is 1.74. The van der Waals surface area contributed by atoms with Gasteiger partial charge in [-0.15, -0.1) is 5.10 Å². The first-order valence-electron chi connectivity index (χ1n) is 5.98. The molecule has 0 aliphatic heterocycles. The van der Waals surface area contributed by atoms with Crippen molar-refractivity contribution < 1.29 is 14.3 Å². The van der Waals surface area contributed by atoms with Crippen molar-refractivity contribution in [2.24, 2.45) is 7.05 Å². The molecule has 2 aromatic heterocycles. The summed E-state index contributed by atoms with van der Waals surface area (Å²) in [4.78, 5) is 16.4. The maximum Gasteiger partial charge on any atom is 0.263 e. The van der Waals surface area contributed by atoms with Gasteiger partial charge in [0.2, 0.25) is 5.88 Å². The summed E-state index contributed by atoms with van der Waals surface area (Å²) in [6, 6.07) is 5.33. The van der Waals surface area contributed by atoms with Gasteiger partial charge in [-0.3, -0.25) is 9.48 Å². The molecule has 2 heterocycles. The van der Waals surface area contributed by atoms with Crippen LogP contribution < -0.4 is 10.1 Å². The van der Waals surface area contributed by atoms with Gasteiger partial charge >= 0.3 is 0 Å². The van der Waals surface area contributed by atoms with Crippen molar-refractivity contribution in [2.45, 2.75) is 6.61 Å². The van der Waals surface area contributed by atoms with E-state index in [4.69, 9.17) is 9.47 Å². The molecule has 0 spiro atoms. The van der Waals surface area contributed by atoms with Crippen molar-refractivity contribution in [3.8, 4) is 5.88 Å². The lowest BCUT2D eigenvalue weighted by molar-refractivity contribution is 0.102. The second-order valence-electron chi connectivity index (χ2n) is 4.13. The molecule has 0 unspecified atom stereocenters. The Labute approximate surface area is 116 Å². The van der Waals surface area contributed by atoms with Crippen LogP contribution in [0.3, 0.4) is 0 Å². The van der Waals surface area contributed by atoms with Gasteiger partial charge < -0.3 is 14.8 Å². The van der Waals surface area contributed by atoms with Crippen molar-refractivity contribution in [2.75, 3.05) is 19.5 Å². The van der Waals surface area contributed by atoms with Gasteiger partial charge in [-0.25, -0.2) is 4.98 Å². The monoisotopic (exact) mass is 276 g/mol. The highest BCUT2D eigenvalue weighted by molar-refractivity contribution is 6.05. The lowest BCUT2D eigenvalue weighted by atomic mass is 10.3. The largest absolute Gasteiger partial charge is 0.479 e. The minimum Gasteiger partial charge on any atom is -0.479 e. The highest BCUT2D eigenvalue weighted by Gasteiger charge is 2.16. The number of carbonyl (C=O) groups is 1. The highest BCUT2D eigenvalue weighted by Crippen LogP contribution is 2.16. The average molecular weight is 276 g/mol. The van der Waals surface area contributed by atoms with Gasteiger partial charge in [0.1, 0.15) is 11.4 Å². The van der Waals surface area contributed by atoms with Crippen LogP contribution in [0.4, 0.5) is 5.82 Å². The summed E-state index contributed by atoms with van der Waals surface area (Å²) in [6.45, 7) is 0.389. The van der Waals surface area contributed by atoms with E-state index in [1.165, 1.54) is 11.8 Å². The average Bonchev–Trinajstić information content (AvgIpc) is 2.81. The highest BCUT2D eigenvalue weighted by atomic mass is 16.5. The molecule has 0 radical (unpaired) electrons. The SMILES string of the molecule is COCc1cccc(NC(=O)c2cn(C)nc2OC)n1. The molecule has 1 N–H and O–H groups in total. The van der Waals surface area contributed by atoms with E-state index in [0.29, 0.717) is 18.0 Å². The number of pyridine rings is 1. The van der Waals surface area contributed by atoms with E-state index in [0.717, 1.165) is 5.69 Å². The van der Waals surface area contributed by atoms with Crippen molar-refractivity contribution in [3.63, 3.8) is 0 Å². The second-order valence-corrected chi connectivity index (χ2v) is 4.13. The Morgan fingerprint density at radius 3 is 2.90 bits per heavy atom. The third-order valence-electron chi connectivity index (χ3n) is 2.57. The first-order valence-corrected chi connectivity index (χ1v) is 5.98. The van der Waals surface area contributed by atoms with E-state index in [1.54, 1.807) is 32.5 Å². The first kappa shape index (κ1) is 14.0. The van der Waals surface area contributed by atoms with Gasteiger partial charge in [0.15, 0.2) is 0 Å². The number of amides is 1. The topological polar surface area (TPSA) is 78.3 Å². The third-order valence-corrected chi connectivity index (χ3v) is 2.57. The Morgan fingerprint density at radius 1 is 1.40 bits per heavy atom. The Morgan fingerprint density at radius 2 is 2.20 bits per heavy atom. The zero-order chi connectivity index (χ0) is 14.5. The Kier molecular flexibility index (Phi) is 4.31. The Balaban J connectivity index is 2.16. The predicted molar refractivity (Wildman–Crippen MR) is 72.7 cm³/mol. The molecule has 1 amide bonds. The molecule has 7 heteroatoms. The predicted octanol–water partition coefficient (Wildman–Crippen LogP) is 1.22. The van der Waals surface area contributed by atoms with Gasteiger partial charge in [-0.05, 0) is 12.1 Å². The molecule has 0 saturated carbocycles. The first-order chi connectivity index (χ1) is 9.63. The maximum absolute atomic E-state index is 12.2. The van der Waals surface area contributed by atoms with Crippen molar-refractivity contribution >= 4 is 11.7 Å². The smallest absolute Gasteiger partial charge is 0.263 e. The van der Waals surface area contributed by atoms with Crippen LogP contribution in [0.2, 0.25) is 0 Å². The fraction of sp³-hybridized carbons (Fsp3) is 0.308. The third kappa shape index (κ3) is 3.12. The van der Waals surface area contributed by atoms with Crippen molar-refractivity contribution in [3.05, 3.63) is 35.7 Å². The van der Waals surface area contributed by atoms with Gasteiger partial charge in [0.25, 0.3) is 5.91 Å². The summed E-state index contributed by atoms with van der Waals surface area (Å²) >= 11 is 0. The summed E-state index contributed by atoms with van der Waals surface area (Å²) in [5.74, 6) is 0.408. The molecule has 20 heavy (non-hydrogen) atoms. The molecule has 0 aliphatic rings. The number of carbonyl (C=O) groups excluding carboxylic acids is 1. The van der Waals surface area contributed by atoms with E-state index < -0.39 is 0 Å². The molecule has 2 aromatic rings. The zero-order valence-electron chi connectivity index (χ0n) is 11.6. The Bertz CT molecular complexity index is 609. The molecule has 0 atom stereocenters.